The molecule has 2 rings (SSSR count). The molecule has 0 radical (unpaired) electrons. The number of halogens is 2. The zero-order chi connectivity index (χ0) is 17.2. The summed E-state index contributed by atoms with van der Waals surface area (Å²) in [6, 6.07) is 4.83. The van der Waals surface area contributed by atoms with E-state index in [2.05, 4.69) is 5.32 Å². The van der Waals surface area contributed by atoms with Crippen molar-refractivity contribution in [1.29, 1.82) is 0 Å². The van der Waals surface area contributed by atoms with Crippen LogP contribution < -0.4 is 5.32 Å². The third kappa shape index (κ3) is 4.58. The van der Waals surface area contributed by atoms with Crippen LogP contribution in [0.3, 0.4) is 0 Å². The molecular weight excluding hydrogens is 361 g/mol. The zero-order valence-corrected chi connectivity index (χ0v) is 15.2. The molecule has 1 aliphatic rings. The average molecular weight is 380 g/mol. The summed E-state index contributed by atoms with van der Waals surface area (Å²) in [5.41, 5.74) is 0.538. The highest BCUT2D eigenvalue weighted by molar-refractivity contribution is 7.86. The number of hydrogen-bond acceptors (Lipinski definition) is 3. The van der Waals surface area contributed by atoms with Crippen LogP contribution in [0.4, 0.5) is 5.69 Å². The number of carbonyl (C=O) groups excluding carboxylic acids is 1. The summed E-state index contributed by atoms with van der Waals surface area (Å²) in [6.45, 7) is 0.657. The molecule has 9 heteroatoms. The molecule has 1 N–H and O–H groups in total. The summed E-state index contributed by atoms with van der Waals surface area (Å²) in [4.78, 5) is 12.3. The van der Waals surface area contributed by atoms with Crippen molar-refractivity contribution in [2.45, 2.75) is 12.8 Å². The van der Waals surface area contributed by atoms with Gasteiger partial charge in [0, 0.05) is 48.8 Å². The molecule has 1 aromatic rings. The number of carbonyl (C=O) groups is 1. The lowest BCUT2D eigenvalue weighted by Crippen LogP contribution is -2.46. The molecule has 0 aliphatic carbocycles. The van der Waals surface area contributed by atoms with E-state index < -0.39 is 10.2 Å². The van der Waals surface area contributed by atoms with Gasteiger partial charge in [-0.25, -0.2) is 0 Å². The minimum atomic E-state index is -3.42. The van der Waals surface area contributed by atoms with Gasteiger partial charge < -0.3 is 5.32 Å². The van der Waals surface area contributed by atoms with Crippen LogP contribution >= 0.6 is 23.2 Å². The number of nitrogens with one attached hydrogen (secondary N) is 1. The van der Waals surface area contributed by atoms with Crippen molar-refractivity contribution in [3.63, 3.8) is 0 Å². The highest BCUT2D eigenvalue weighted by Crippen LogP contribution is 2.25. The fourth-order valence-electron chi connectivity index (χ4n) is 2.45. The predicted octanol–water partition coefficient (Wildman–Crippen LogP) is 2.45. The highest BCUT2D eigenvalue weighted by atomic mass is 35.5. The largest absolute Gasteiger partial charge is 0.326 e. The van der Waals surface area contributed by atoms with Gasteiger partial charge in [-0.3, -0.25) is 4.79 Å². The van der Waals surface area contributed by atoms with Gasteiger partial charge in [0.2, 0.25) is 5.91 Å². The number of amides is 1. The van der Waals surface area contributed by atoms with Crippen molar-refractivity contribution in [2.75, 3.05) is 32.5 Å². The van der Waals surface area contributed by atoms with Crippen LogP contribution in [-0.4, -0.2) is 50.1 Å². The third-order valence-electron chi connectivity index (χ3n) is 3.74. The summed E-state index contributed by atoms with van der Waals surface area (Å²) >= 11 is 11.8. The Kier molecular flexibility index (Phi) is 5.91. The van der Waals surface area contributed by atoms with Crippen LogP contribution in [0.15, 0.2) is 18.2 Å². The summed E-state index contributed by atoms with van der Waals surface area (Å²) < 4.78 is 26.7. The molecule has 23 heavy (non-hydrogen) atoms. The first-order chi connectivity index (χ1) is 10.7. The Morgan fingerprint density at radius 2 is 1.70 bits per heavy atom. The molecule has 1 saturated heterocycles. The van der Waals surface area contributed by atoms with E-state index >= 15 is 0 Å². The lowest BCUT2D eigenvalue weighted by Gasteiger charge is -2.32. The maximum atomic E-state index is 12.3. The van der Waals surface area contributed by atoms with Crippen LogP contribution in [0.5, 0.6) is 0 Å². The van der Waals surface area contributed by atoms with Gasteiger partial charge in [-0.1, -0.05) is 23.2 Å². The van der Waals surface area contributed by atoms with E-state index in [0.29, 0.717) is 41.7 Å². The predicted molar refractivity (Wildman–Crippen MR) is 92.0 cm³/mol. The highest BCUT2D eigenvalue weighted by Gasteiger charge is 2.32. The van der Waals surface area contributed by atoms with Crippen LogP contribution in [0, 0.1) is 5.92 Å². The summed E-state index contributed by atoms with van der Waals surface area (Å²) in [5, 5.41) is 3.67. The summed E-state index contributed by atoms with van der Waals surface area (Å²) in [5.74, 6) is -0.383. The monoisotopic (exact) mass is 379 g/mol. The summed E-state index contributed by atoms with van der Waals surface area (Å²) in [6.07, 6.45) is 0.959. The van der Waals surface area contributed by atoms with Crippen LogP contribution in [-0.2, 0) is 15.0 Å². The van der Waals surface area contributed by atoms with Crippen LogP contribution in [0.1, 0.15) is 12.8 Å². The average Bonchev–Trinajstić information content (AvgIpc) is 2.46. The molecule has 6 nitrogen and oxygen atoms in total. The van der Waals surface area contributed by atoms with Crippen LogP contribution in [0.25, 0.3) is 0 Å². The maximum absolute atomic E-state index is 12.3. The van der Waals surface area contributed by atoms with Gasteiger partial charge >= 0.3 is 0 Å². The van der Waals surface area contributed by atoms with E-state index in [1.807, 2.05) is 0 Å². The molecule has 0 unspecified atom stereocenters. The molecular formula is C14H19Cl2N3O3S. The van der Waals surface area contributed by atoms with E-state index in [1.165, 1.54) is 22.7 Å². The molecule has 0 saturated carbocycles. The second-order valence-electron chi connectivity index (χ2n) is 5.61. The Morgan fingerprint density at radius 3 is 2.17 bits per heavy atom. The van der Waals surface area contributed by atoms with E-state index in [0.717, 1.165) is 0 Å². The van der Waals surface area contributed by atoms with Gasteiger partial charge in [-0.05, 0) is 31.0 Å². The van der Waals surface area contributed by atoms with Gasteiger partial charge in [0.25, 0.3) is 10.2 Å². The lowest BCUT2D eigenvalue weighted by molar-refractivity contribution is -0.120. The Balaban J connectivity index is 1.96. The quantitative estimate of drug-likeness (QED) is 0.873. The van der Waals surface area contributed by atoms with Gasteiger partial charge in [0.1, 0.15) is 0 Å². The van der Waals surface area contributed by atoms with E-state index in [9.17, 15) is 13.2 Å². The Labute approximate surface area is 146 Å². The Bertz CT molecular complexity index is 666. The summed E-state index contributed by atoms with van der Waals surface area (Å²) in [7, 11) is -0.425. The van der Waals surface area contributed by atoms with Crippen molar-refractivity contribution < 1.29 is 13.2 Å². The van der Waals surface area contributed by atoms with Crippen LogP contribution in [0.2, 0.25) is 10.0 Å². The SMILES string of the molecule is CN(C)S(=O)(=O)N1CCC(C(=O)Nc2cc(Cl)cc(Cl)c2)CC1. The molecule has 0 atom stereocenters. The molecule has 128 valence electrons. The molecule has 1 aromatic carbocycles. The smallest absolute Gasteiger partial charge is 0.281 e. The van der Waals surface area contributed by atoms with Gasteiger partial charge in [-0.2, -0.15) is 17.0 Å². The van der Waals surface area contributed by atoms with Gasteiger partial charge in [-0.15, -0.1) is 0 Å². The first-order valence-corrected chi connectivity index (χ1v) is 9.30. The molecule has 1 amide bonds. The first kappa shape index (κ1) is 18.5. The van der Waals surface area contributed by atoms with E-state index in [-0.39, 0.29) is 11.8 Å². The molecule has 1 aliphatic heterocycles. The van der Waals surface area contributed by atoms with Crippen molar-refractivity contribution in [3.8, 4) is 0 Å². The molecule has 0 aromatic heterocycles. The number of piperidine rings is 1. The van der Waals surface area contributed by atoms with Crippen molar-refractivity contribution in [1.82, 2.24) is 8.61 Å². The maximum Gasteiger partial charge on any atom is 0.281 e. The Hall–Kier alpha value is -0.860. The van der Waals surface area contributed by atoms with Gasteiger partial charge in [0.05, 0.1) is 0 Å². The topological polar surface area (TPSA) is 69.7 Å². The first-order valence-electron chi connectivity index (χ1n) is 7.14. The molecule has 1 fully saturated rings. The van der Waals surface area contributed by atoms with Crippen molar-refractivity contribution in [2.24, 2.45) is 5.92 Å². The normalized spacial score (nSPS) is 17.4. The standard InChI is InChI=1S/C14H19Cl2N3O3S/c1-18(2)23(21,22)19-5-3-10(4-6-19)14(20)17-13-8-11(15)7-12(16)9-13/h7-10H,3-6H2,1-2H3,(H,17,20). The third-order valence-corrected chi connectivity index (χ3v) is 6.12. The number of rotatable bonds is 4. The second kappa shape index (κ2) is 7.36. The molecule has 1 heterocycles. The zero-order valence-electron chi connectivity index (χ0n) is 12.9. The van der Waals surface area contributed by atoms with Crippen molar-refractivity contribution in [3.05, 3.63) is 28.2 Å². The molecule has 0 bridgehead atoms. The Morgan fingerprint density at radius 1 is 1.17 bits per heavy atom. The minimum Gasteiger partial charge on any atom is -0.326 e. The number of nitrogens with zero attached hydrogens (tertiary/aromatic N) is 2. The van der Waals surface area contributed by atoms with Gasteiger partial charge in [0.15, 0.2) is 0 Å². The number of benzene rings is 1. The number of hydrogen-bond donors (Lipinski definition) is 1. The van der Waals surface area contributed by atoms with E-state index in [4.69, 9.17) is 23.2 Å². The van der Waals surface area contributed by atoms with E-state index in [1.54, 1.807) is 18.2 Å². The fourth-order valence-corrected chi connectivity index (χ4v) is 4.11. The minimum absolute atomic E-state index is 0.148. The number of anilines is 1. The van der Waals surface area contributed by atoms with Crippen molar-refractivity contribution >= 4 is 45.0 Å². The lowest BCUT2D eigenvalue weighted by atomic mass is 9.97. The molecule has 0 spiro atoms. The fraction of sp³-hybridized carbons (Fsp3) is 0.500. The second-order valence-corrected chi connectivity index (χ2v) is 8.63.